The minimum atomic E-state index is 1.18. The van der Waals surface area contributed by atoms with Gasteiger partial charge in [-0.15, -0.1) is 11.3 Å². The van der Waals surface area contributed by atoms with Crippen LogP contribution in [0.3, 0.4) is 0 Å². The minimum Gasteiger partial charge on any atom is -0.309 e. The molecule has 0 saturated carbocycles. The Kier molecular flexibility index (Phi) is 5.75. The van der Waals surface area contributed by atoms with Gasteiger partial charge in [0.1, 0.15) is 0 Å². The largest absolute Gasteiger partial charge is 0.309 e. The summed E-state index contributed by atoms with van der Waals surface area (Å²) in [5, 5.41) is 5.20. The lowest BCUT2D eigenvalue weighted by Gasteiger charge is -2.15. The van der Waals surface area contributed by atoms with Crippen molar-refractivity contribution in [1.82, 2.24) is 4.57 Å². The predicted octanol–water partition coefficient (Wildman–Crippen LogP) is 12.2. The number of fused-ring (bicyclic) bond motifs is 6. The highest BCUT2D eigenvalue weighted by molar-refractivity contribution is 7.25. The SMILES string of the molecule is c1ccc(-c2ccc3c4ccccc4n(-c4ccccc4-c4ccc(-c5ccc6sc7ccccc7c6c5)cc4)c3c2)cc1. The van der Waals surface area contributed by atoms with Gasteiger partial charge in [-0.3, -0.25) is 0 Å². The Labute approximate surface area is 259 Å². The van der Waals surface area contributed by atoms with Gasteiger partial charge in [-0.2, -0.15) is 0 Å². The summed E-state index contributed by atoms with van der Waals surface area (Å²) in [6, 6.07) is 59.7. The molecule has 9 rings (SSSR count). The number of hydrogen-bond donors (Lipinski definition) is 0. The molecule has 2 heteroatoms. The fourth-order valence-corrected chi connectivity index (χ4v) is 7.79. The lowest BCUT2D eigenvalue weighted by molar-refractivity contribution is 1.18. The first-order valence-electron chi connectivity index (χ1n) is 15.0. The van der Waals surface area contributed by atoms with Crippen LogP contribution in [0, 0.1) is 0 Å². The molecule has 0 fully saturated rings. The molecule has 0 atom stereocenters. The summed E-state index contributed by atoms with van der Waals surface area (Å²) >= 11 is 1.86. The van der Waals surface area contributed by atoms with Crippen LogP contribution in [0.2, 0.25) is 0 Å². The fourth-order valence-electron chi connectivity index (χ4n) is 6.70. The molecule has 9 aromatic rings. The summed E-state index contributed by atoms with van der Waals surface area (Å²) in [7, 11) is 0. The number of benzene rings is 7. The molecule has 0 N–H and O–H groups in total. The Morgan fingerprint density at radius 3 is 1.82 bits per heavy atom. The van der Waals surface area contributed by atoms with E-state index in [-0.39, 0.29) is 0 Å². The van der Waals surface area contributed by atoms with E-state index < -0.39 is 0 Å². The number of nitrogens with zero attached hydrogens (tertiary/aromatic N) is 1. The maximum absolute atomic E-state index is 2.44. The zero-order chi connectivity index (χ0) is 29.0. The standard InChI is InChI=1S/C42H27NS/c1-2-10-28(11-3-1)32-22-24-35-34-13-5-8-16-39(34)43(40(35)27-32)38-15-7-4-12-33(38)30-20-18-29(19-21-30)31-23-25-42-37(26-31)36-14-6-9-17-41(36)44-42/h1-27H. The molecule has 0 aliphatic heterocycles. The normalized spacial score (nSPS) is 11.6. The van der Waals surface area contributed by atoms with Gasteiger partial charge in [0.25, 0.3) is 0 Å². The average Bonchev–Trinajstić information content (AvgIpc) is 3.64. The topological polar surface area (TPSA) is 4.93 Å². The Morgan fingerprint density at radius 1 is 0.341 bits per heavy atom. The second kappa shape index (κ2) is 10.1. The van der Waals surface area contributed by atoms with E-state index in [0.29, 0.717) is 0 Å². The Hall–Kier alpha value is -5.44. The summed E-state index contributed by atoms with van der Waals surface area (Å²) in [6.07, 6.45) is 0. The zero-order valence-corrected chi connectivity index (χ0v) is 24.8. The highest BCUT2D eigenvalue weighted by atomic mass is 32.1. The molecule has 0 radical (unpaired) electrons. The molecule has 0 aliphatic carbocycles. The molecule has 0 unspecified atom stereocenters. The Balaban J connectivity index is 1.18. The van der Waals surface area contributed by atoms with Gasteiger partial charge in [0, 0.05) is 36.5 Å². The van der Waals surface area contributed by atoms with Crippen molar-refractivity contribution >= 4 is 53.3 Å². The van der Waals surface area contributed by atoms with Crippen LogP contribution in [0.25, 0.3) is 81.0 Å². The molecular formula is C42H27NS. The van der Waals surface area contributed by atoms with E-state index in [2.05, 4.69) is 168 Å². The summed E-state index contributed by atoms with van der Waals surface area (Å²) in [5.74, 6) is 0. The van der Waals surface area contributed by atoms with Crippen LogP contribution >= 0.6 is 11.3 Å². The van der Waals surface area contributed by atoms with Crippen LogP contribution in [-0.2, 0) is 0 Å². The fraction of sp³-hybridized carbons (Fsp3) is 0. The highest BCUT2D eigenvalue weighted by Gasteiger charge is 2.16. The Bertz CT molecular complexity index is 2480. The van der Waals surface area contributed by atoms with E-state index in [1.54, 1.807) is 0 Å². The van der Waals surface area contributed by atoms with Gasteiger partial charge in [-0.1, -0.05) is 127 Å². The second-order valence-corrected chi connectivity index (χ2v) is 12.4. The molecule has 206 valence electrons. The minimum absolute atomic E-state index is 1.18. The first-order chi connectivity index (χ1) is 21.8. The third-order valence-electron chi connectivity index (χ3n) is 8.83. The van der Waals surface area contributed by atoms with Gasteiger partial charge in [-0.25, -0.2) is 0 Å². The number of rotatable bonds is 4. The average molecular weight is 578 g/mol. The molecule has 0 aliphatic rings. The maximum atomic E-state index is 2.44. The number of hydrogen-bond acceptors (Lipinski definition) is 1. The third kappa shape index (κ3) is 4.00. The molecule has 2 aromatic heterocycles. The van der Waals surface area contributed by atoms with E-state index in [4.69, 9.17) is 0 Å². The quantitative estimate of drug-likeness (QED) is 0.196. The number of aromatic nitrogens is 1. The number of para-hydroxylation sites is 2. The Morgan fingerprint density at radius 2 is 0.932 bits per heavy atom. The van der Waals surface area contributed by atoms with Gasteiger partial charge < -0.3 is 4.57 Å². The monoisotopic (exact) mass is 577 g/mol. The molecule has 0 bridgehead atoms. The highest BCUT2D eigenvalue weighted by Crippen LogP contribution is 2.39. The lowest BCUT2D eigenvalue weighted by Crippen LogP contribution is -1.97. The van der Waals surface area contributed by atoms with Crippen LogP contribution < -0.4 is 0 Å². The van der Waals surface area contributed by atoms with E-state index in [9.17, 15) is 0 Å². The van der Waals surface area contributed by atoms with Crippen molar-refractivity contribution in [3.05, 3.63) is 164 Å². The maximum Gasteiger partial charge on any atom is 0.0547 e. The van der Waals surface area contributed by atoms with E-state index in [1.165, 1.54) is 81.0 Å². The van der Waals surface area contributed by atoms with Crippen LogP contribution in [0.4, 0.5) is 0 Å². The van der Waals surface area contributed by atoms with E-state index in [0.717, 1.165) is 0 Å². The van der Waals surface area contributed by atoms with Crippen molar-refractivity contribution in [1.29, 1.82) is 0 Å². The van der Waals surface area contributed by atoms with Gasteiger partial charge in [0.05, 0.1) is 16.7 Å². The molecule has 7 aromatic carbocycles. The van der Waals surface area contributed by atoms with Gasteiger partial charge in [-0.05, 0) is 64.2 Å². The van der Waals surface area contributed by atoms with Crippen molar-refractivity contribution in [2.75, 3.05) is 0 Å². The van der Waals surface area contributed by atoms with E-state index in [1.807, 2.05) is 11.3 Å². The molecule has 0 saturated heterocycles. The van der Waals surface area contributed by atoms with Crippen molar-refractivity contribution in [3.8, 4) is 39.1 Å². The van der Waals surface area contributed by atoms with Crippen molar-refractivity contribution in [3.63, 3.8) is 0 Å². The van der Waals surface area contributed by atoms with Gasteiger partial charge in [0.15, 0.2) is 0 Å². The summed E-state index contributed by atoms with van der Waals surface area (Å²) < 4.78 is 5.12. The molecule has 44 heavy (non-hydrogen) atoms. The summed E-state index contributed by atoms with van der Waals surface area (Å²) in [5.41, 5.74) is 11.0. The van der Waals surface area contributed by atoms with Crippen LogP contribution in [0.15, 0.2) is 164 Å². The molecule has 0 amide bonds. The first kappa shape index (κ1) is 25.1. The summed E-state index contributed by atoms with van der Waals surface area (Å²) in [4.78, 5) is 0. The van der Waals surface area contributed by atoms with Gasteiger partial charge >= 0.3 is 0 Å². The molecule has 0 spiro atoms. The molecular weight excluding hydrogens is 551 g/mol. The van der Waals surface area contributed by atoms with Gasteiger partial charge in [0.2, 0.25) is 0 Å². The smallest absolute Gasteiger partial charge is 0.0547 e. The number of thiophene rings is 1. The van der Waals surface area contributed by atoms with Crippen LogP contribution in [0.5, 0.6) is 0 Å². The van der Waals surface area contributed by atoms with Crippen molar-refractivity contribution in [2.24, 2.45) is 0 Å². The van der Waals surface area contributed by atoms with Crippen LogP contribution in [-0.4, -0.2) is 4.57 Å². The van der Waals surface area contributed by atoms with E-state index >= 15 is 0 Å². The van der Waals surface area contributed by atoms with Crippen molar-refractivity contribution < 1.29 is 0 Å². The lowest BCUT2D eigenvalue weighted by atomic mass is 9.98. The summed E-state index contributed by atoms with van der Waals surface area (Å²) in [6.45, 7) is 0. The van der Waals surface area contributed by atoms with Crippen molar-refractivity contribution in [2.45, 2.75) is 0 Å². The third-order valence-corrected chi connectivity index (χ3v) is 9.98. The zero-order valence-electron chi connectivity index (χ0n) is 23.9. The second-order valence-electron chi connectivity index (χ2n) is 11.4. The molecule has 2 heterocycles. The predicted molar refractivity (Wildman–Crippen MR) is 190 cm³/mol. The first-order valence-corrected chi connectivity index (χ1v) is 15.8. The molecule has 1 nitrogen and oxygen atoms in total. The van der Waals surface area contributed by atoms with Crippen LogP contribution in [0.1, 0.15) is 0 Å².